The highest BCUT2D eigenvalue weighted by Gasteiger charge is 2.21. The number of hydrogen-bond donors (Lipinski definition) is 1. The molecule has 1 saturated heterocycles. The van der Waals surface area contributed by atoms with E-state index in [4.69, 9.17) is 16.0 Å². The molecule has 2 aromatic rings. The molecule has 0 aromatic carbocycles. The Bertz CT molecular complexity index is 520. The first kappa shape index (κ1) is 14.5. The van der Waals surface area contributed by atoms with Crippen LogP contribution in [0.15, 0.2) is 34.9 Å². The average molecular weight is 328 g/mol. The van der Waals surface area contributed by atoms with Crippen LogP contribution in [0, 0.1) is 0 Å². The minimum Gasteiger partial charge on any atom is -0.467 e. The molecule has 1 fully saturated rings. The number of furan rings is 1. The quantitative estimate of drug-likeness (QED) is 0.840. The molecule has 0 bridgehead atoms. The van der Waals surface area contributed by atoms with Crippen molar-refractivity contribution in [3.05, 3.63) is 45.5 Å². The second-order valence-electron chi connectivity index (χ2n) is 4.99. The van der Waals surface area contributed by atoms with Gasteiger partial charge in [-0.15, -0.1) is 11.3 Å². The normalized spacial score (nSPS) is 20.9. The predicted octanol–water partition coefficient (Wildman–Crippen LogP) is 4.96. The number of nitrogens with one attached hydrogen (secondary N) is 1. The van der Waals surface area contributed by atoms with E-state index in [0.29, 0.717) is 0 Å². The Hall–Kier alpha value is -0.420. The molecule has 0 radical (unpaired) electrons. The standard InChI is InChI=1S/C15H18ClNOS2/c16-14-7-6-13(20-14)15(12-5-3-8-18-12)17-10-11-4-1-2-9-19-11/h3,5-8,11,15,17H,1-2,4,9-10H2. The molecule has 0 saturated carbocycles. The summed E-state index contributed by atoms with van der Waals surface area (Å²) in [6.07, 6.45) is 5.77. The Balaban J connectivity index is 1.69. The first-order valence-corrected chi connectivity index (χ1v) is 9.21. The second kappa shape index (κ2) is 7.03. The van der Waals surface area contributed by atoms with Gasteiger partial charge in [-0.05, 0) is 42.9 Å². The molecule has 1 N–H and O–H groups in total. The van der Waals surface area contributed by atoms with Crippen LogP contribution in [0.25, 0.3) is 0 Å². The van der Waals surface area contributed by atoms with E-state index < -0.39 is 0 Å². The summed E-state index contributed by atoms with van der Waals surface area (Å²) in [7, 11) is 0. The Labute approximate surface area is 132 Å². The zero-order valence-electron chi connectivity index (χ0n) is 11.2. The minimum atomic E-state index is 0.116. The highest BCUT2D eigenvalue weighted by atomic mass is 35.5. The lowest BCUT2D eigenvalue weighted by molar-refractivity contribution is 0.445. The molecule has 2 aromatic heterocycles. The molecule has 3 heterocycles. The molecular weight excluding hydrogens is 310 g/mol. The Kier molecular flexibility index (Phi) is 5.10. The van der Waals surface area contributed by atoms with Gasteiger partial charge in [0.1, 0.15) is 11.8 Å². The van der Waals surface area contributed by atoms with Gasteiger partial charge >= 0.3 is 0 Å². The first-order valence-electron chi connectivity index (χ1n) is 6.96. The molecule has 5 heteroatoms. The molecule has 0 amide bonds. The largest absolute Gasteiger partial charge is 0.467 e. The highest BCUT2D eigenvalue weighted by Crippen LogP contribution is 2.32. The lowest BCUT2D eigenvalue weighted by atomic mass is 10.1. The molecule has 2 nitrogen and oxygen atoms in total. The molecule has 1 aliphatic heterocycles. The van der Waals surface area contributed by atoms with Gasteiger partial charge in [0.2, 0.25) is 0 Å². The lowest BCUT2D eigenvalue weighted by Gasteiger charge is -2.24. The van der Waals surface area contributed by atoms with Crippen LogP contribution in [-0.4, -0.2) is 17.5 Å². The maximum Gasteiger partial charge on any atom is 0.126 e. The van der Waals surface area contributed by atoms with E-state index >= 15 is 0 Å². The van der Waals surface area contributed by atoms with E-state index in [1.807, 2.05) is 18.2 Å². The van der Waals surface area contributed by atoms with Gasteiger partial charge in [0.25, 0.3) is 0 Å². The van der Waals surface area contributed by atoms with Crippen LogP contribution in [-0.2, 0) is 0 Å². The predicted molar refractivity (Wildman–Crippen MR) is 88.0 cm³/mol. The number of thiophene rings is 1. The summed E-state index contributed by atoms with van der Waals surface area (Å²) in [4.78, 5) is 1.21. The fourth-order valence-electron chi connectivity index (χ4n) is 2.50. The van der Waals surface area contributed by atoms with Crippen molar-refractivity contribution < 1.29 is 4.42 Å². The van der Waals surface area contributed by atoms with E-state index in [2.05, 4.69) is 23.1 Å². The molecule has 3 rings (SSSR count). The topological polar surface area (TPSA) is 25.2 Å². The smallest absolute Gasteiger partial charge is 0.126 e. The summed E-state index contributed by atoms with van der Waals surface area (Å²) in [5, 5.41) is 4.38. The maximum atomic E-state index is 6.07. The molecule has 2 atom stereocenters. The molecule has 0 aliphatic carbocycles. The fourth-order valence-corrected chi connectivity index (χ4v) is 4.89. The highest BCUT2D eigenvalue weighted by molar-refractivity contribution is 7.99. The third-order valence-corrected chi connectivity index (χ3v) is 6.22. The summed E-state index contributed by atoms with van der Waals surface area (Å²) in [5.41, 5.74) is 0. The molecular formula is C15H18ClNOS2. The monoisotopic (exact) mass is 327 g/mol. The van der Waals surface area contributed by atoms with Crippen molar-refractivity contribution >= 4 is 34.7 Å². The lowest BCUT2D eigenvalue weighted by Crippen LogP contribution is -2.30. The van der Waals surface area contributed by atoms with Crippen LogP contribution in [0.2, 0.25) is 4.34 Å². The SMILES string of the molecule is Clc1ccc(C(NCC2CCCCS2)c2ccco2)s1. The van der Waals surface area contributed by atoms with Gasteiger partial charge in [-0.25, -0.2) is 0 Å². The van der Waals surface area contributed by atoms with Gasteiger partial charge in [0, 0.05) is 16.7 Å². The van der Waals surface area contributed by atoms with Gasteiger partial charge in [0.05, 0.1) is 10.6 Å². The number of thioether (sulfide) groups is 1. The Morgan fingerprint density at radius 2 is 2.30 bits per heavy atom. The third-order valence-electron chi connectivity index (χ3n) is 3.53. The summed E-state index contributed by atoms with van der Waals surface area (Å²) in [6, 6.07) is 8.12. The van der Waals surface area contributed by atoms with Crippen molar-refractivity contribution in [1.82, 2.24) is 5.32 Å². The van der Waals surface area contributed by atoms with Crippen molar-refractivity contribution in [2.75, 3.05) is 12.3 Å². The summed E-state index contributed by atoms with van der Waals surface area (Å²) in [6.45, 7) is 1.02. The van der Waals surface area contributed by atoms with Gasteiger partial charge in [-0.3, -0.25) is 0 Å². The van der Waals surface area contributed by atoms with Crippen LogP contribution in [0.5, 0.6) is 0 Å². The van der Waals surface area contributed by atoms with Crippen molar-refractivity contribution in [2.45, 2.75) is 30.6 Å². The van der Waals surface area contributed by atoms with Gasteiger partial charge in [-0.1, -0.05) is 18.0 Å². The maximum absolute atomic E-state index is 6.07. The van der Waals surface area contributed by atoms with Crippen LogP contribution < -0.4 is 5.32 Å². The van der Waals surface area contributed by atoms with Crippen LogP contribution in [0.1, 0.15) is 35.9 Å². The fraction of sp³-hybridized carbons (Fsp3) is 0.467. The minimum absolute atomic E-state index is 0.116. The average Bonchev–Trinajstić information content (AvgIpc) is 3.13. The van der Waals surface area contributed by atoms with Crippen molar-refractivity contribution in [3.8, 4) is 0 Å². The molecule has 2 unspecified atom stereocenters. The van der Waals surface area contributed by atoms with Crippen molar-refractivity contribution in [1.29, 1.82) is 0 Å². The number of rotatable bonds is 5. The van der Waals surface area contributed by atoms with E-state index in [9.17, 15) is 0 Å². The van der Waals surface area contributed by atoms with Crippen molar-refractivity contribution in [3.63, 3.8) is 0 Å². The summed E-state index contributed by atoms with van der Waals surface area (Å²) >= 11 is 9.77. The van der Waals surface area contributed by atoms with Crippen LogP contribution in [0.4, 0.5) is 0 Å². The summed E-state index contributed by atoms with van der Waals surface area (Å²) < 4.78 is 6.42. The van der Waals surface area contributed by atoms with E-state index in [1.54, 1.807) is 17.6 Å². The molecule has 0 spiro atoms. The van der Waals surface area contributed by atoms with E-state index in [1.165, 1.54) is 29.9 Å². The van der Waals surface area contributed by atoms with Gasteiger partial charge < -0.3 is 9.73 Å². The van der Waals surface area contributed by atoms with Crippen molar-refractivity contribution in [2.24, 2.45) is 0 Å². The van der Waals surface area contributed by atoms with Gasteiger partial charge in [0.15, 0.2) is 0 Å². The third kappa shape index (κ3) is 3.61. The summed E-state index contributed by atoms with van der Waals surface area (Å²) in [5.74, 6) is 2.26. The Morgan fingerprint density at radius 3 is 2.95 bits per heavy atom. The zero-order chi connectivity index (χ0) is 13.8. The van der Waals surface area contributed by atoms with Crippen LogP contribution >= 0.6 is 34.7 Å². The Morgan fingerprint density at radius 1 is 1.35 bits per heavy atom. The van der Waals surface area contributed by atoms with Gasteiger partial charge in [-0.2, -0.15) is 11.8 Å². The zero-order valence-corrected chi connectivity index (χ0v) is 13.6. The first-order chi connectivity index (χ1) is 9.83. The number of hydrogen-bond acceptors (Lipinski definition) is 4. The second-order valence-corrected chi connectivity index (χ2v) is 8.14. The molecule has 20 heavy (non-hydrogen) atoms. The molecule has 108 valence electrons. The molecule has 1 aliphatic rings. The van der Waals surface area contributed by atoms with Crippen LogP contribution in [0.3, 0.4) is 0 Å². The number of halogens is 1. The van der Waals surface area contributed by atoms with E-state index in [0.717, 1.165) is 21.9 Å². The van der Waals surface area contributed by atoms with E-state index in [-0.39, 0.29) is 6.04 Å².